The van der Waals surface area contributed by atoms with Crippen molar-refractivity contribution in [2.75, 3.05) is 6.61 Å². The highest BCUT2D eigenvalue weighted by Crippen LogP contribution is 2.33. The molecular weight excluding hydrogens is 294 g/mol. The van der Waals surface area contributed by atoms with Crippen LogP contribution in [0.5, 0.6) is 5.75 Å². The van der Waals surface area contributed by atoms with Gasteiger partial charge >= 0.3 is 5.97 Å². The van der Waals surface area contributed by atoms with E-state index in [1.807, 2.05) is 25.1 Å². The maximum atomic E-state index is 12.0. The van der Waals surface area contributed by atoms with Crippen LogP contribution in [-0.4, -0.2) is 29.6 Å². The lowest BCUT2D eigenvalue weighted by Crippen LogP contribution is -2.46. The van der Waals surface area contributed by atoms with E-state index in [0.29, 0.717) is 5.75 Å². The predicted molar refractivity (Wildman–Crippen MR) is 89.8 cm³/mol. The van der Waals surface area contributed by atoms with E-state index in [2.05, 4.69) is 26.1 Å². The molecule has 0 heterocycles. The smallest absolute Gasteiger partial charge is 0.326 e. The molecule has 0 aliphatic carbocycles. The number of hydrogen-bond donors (Lipinski definition) is 2. The number of carboxylic acid groups (broad SMARTS) is 1. The van der Waals surface area contributed by atoms with E-state index in [4.69, 9.17) is 9.84 Å². The minimum absolute atomic E-state index is 0.112. The van der Waals surface area contributed by atoms with Crippen LogP contribution < -0.4 is 10.1 Å². The Kier molecular flexibility index (Phi) is 6.19. The summed E-state index contributed by atoms with van der Waals surface area (Å²) in [5, 5.41) is 11.6. The number of para-hydroxylation sites is 1. The molecule has 128 valence electrons. The van der Waals surface area contributed by atoms with Crippen molar-refractivity contribution in [2.24, 2.45) is 5.92 Å². The fourth-order valence-electron chi connectivity index (χ4n) is 2.30. The zero-order valence-electron chi connectivity index (χ0n) is 14.8. The second-order valence-electron chi connectivity index (χ2n) is 7.12. The SMILES string of the molecule is Cc1cccc(C(C)(C)C)c1OCC(=O)N[C@H](C(=O)O)C(C)C. The standard InChI is InChI=1S/C18H27NO4/c1-11(2)15(17(21)22)19-14(20)10-23-16-12(3)8-7-9-13(16)18(4,5)6/h7-9,11,15H,10H2,1-6H3,(H,19,20)(H,21,22)/t15-/m0/s1. The fraction of sp³-hybridized carbons (Fsp3) is 0.556. The van der Waals surface area contributed by atoms with Crippen LogP contribution in [0.4, 0.5) is 0 Å². The third-order valence-corrected chi connectivity index (χ3v) is 3.62. The maximum Gasteiger partial charge on any atom is 0.326 e. The number of aliphatic carboxylic acids is 1. The van der Waals surface area contributed by atoms with E-state index in [0.717, 1.165) is 11.1 Å². The second kappa shape index (κ2) is 7.49. The Morgan fingerprint density at radius 2 is 1.87 bits per heavy atom. The van der Waals surface area contributed by atoms with Crippen LogP contribution in [0.1, 0.15) is 45.7 Å². The topological polar surface area (TPSA) is 75.6 Å². The van der Waals surface area contributed by atoms with Crippen molar-refractivity contribution in [1.29, 1.82) is 0 Å². The van der Waals surface area contributed by atoms with Crippen molar-refractivity contribution < 1.29 is 19.4 Å². The van der Waals surface area contributed by atoms with Crippen LogP contribution in [0, 0.1) is 12.8 Å². The highest BCUT2D eigenvalue weighted by Gasteiger charge is 2.24. The van der Waals surface area contributed by atoms with Gasteiger partial charge in [-0.2, -0.15) is 0 Å². The molecule has 0 aliphatic heterocycles. The molecule has 0 saturated heterocycles. The van der Waals surface area contributed by atoms with E-state index < -0.39 is 17.9 Å². The second-order valence-corrected chi connectivity index (χ2v) is 7.12. The molecule has 2 N–H and O–H groups in total. The molecule has 0 unspecified atom stereocenters. The largest absolute Gasteiger partial charge is 0.483 e. The van der Waals surface area contributed by atoms with Crippen LogP contribution >= 0.6 is 0 Å². The predicted octanol–water partition coefficient (Wildman–Crippen LogP) is 2.90. The first kappa shape index (κ1) is 19.0. The average molecular weight is 321 g/mol. The summed E-state index contributed by atoms with van der Waals surface area (Å²) in [6.45, 7) is 11.5. The first-order valence-electron chi connectivity index (χ1n) is 7.79. The van der Waals surface area contributed by atoms with Gasteiger partial charge < -0.3 is 15.2 Å². The summed E-state index contributed by atoms with van der Waals surface area (Å²) in [5.74, 6) is -0.986. The summed E-state index contributed by atoms with van der Waals surface area (Å²) < 4.78 is 5.71. The maximum absolute atomic E-state index is 12.0. The van der Waals surface area contributed by atoms with Gasteiger partial charge in [-0.15, -0.1) is 0 Å². The van der Waals surface area contributed by atoms with Gasteiger partial charge in [0, 0.05) is 0 Å². The van der Waals surface area contributed by atoms with Crippen LogP contribution in [0.3, 0.4) is 0 Å². The van der Waals surface area contributed by atoms with E-state index in [1.54, 1.807) is 13.8 Å². The van der Waals surface area contributed by atoms with Crippen LogP contribution in [0.25, 0.3) is 0 Å². The normalized spacial score (nSPS) is 12.8. The van der Waals surface area contributed by atoms with Gasteiger partial charge in [-0.3, -0.25) is 4.79 Å². The molecule has 0 aliphatic rings. The molecular formula is C18H27NO4. The lowest BCUT2D eigenvalue weighted by Gasteiger charge is -2.24. The number of aryl methyl sites for hydroxylation is 1. The van der Waals surface area contributed by atoms with Crippen LogP contribution in [0.15, 0.2) is 18.2 Å². The van der Waals surface area contributed by atoms with Gasteiger partial charge in [-0.05, 0) is 29.4 Å². The van der Waals surface area contributed by atoms with Gasteiger partial charge in [-0.1, -0.05) is 52.8 Å². The van der Waals surface area contributed by atoms with Gasteiger partial charge in [0.1, 0.15) is 11.8 Å². The summed E-state index contributed by atoms with van der Waals surface area (Å²) in [7, 11) is 0. The van der Waals surface area contributed by atoms with E-state index >= 15 is 0 Å². The molecule has 1 aromatic carbocycles. The minimum atomic E-state index is -1.04. The molecule has 5 nitrogen and oxygen atoms in total. The highest BCUT2D eigenvalue weighted by molar-refractivity contribution is 5.84. The highest BCUT2D eigenvalue weighted by atomic mass is 16.5. The number of rotatable bonds is 6. The van der Waals surface area contributed by atoms with Crippen molar-refractivity contribution in [3.8, 4) is 5.75 Å². The third-order valence-electron chi connectivity index (χ3n) is 3.62. The molecule has 1 rings (SSSR count). The van der Waals surface area contributed by atoms with Crippen molar-refractivity contribution in [3.05, 3.63) is 29.3 Å². The lowest BCUT2D eigenvalue weighted by molar-refractivity contribution is -0.143. The van der Waals surface area contributed by atoms with Crippen molar-refractivity contribution in [1.82, 2.24) is 5.32 Å². The van der Waals surface area contributed by atoms with Crippen molar-refractivity contribution in [2.45, 2.75) is 53.0 Å². The molecule has 0 bridgehead atoms. The first-order chi connectivity index (χ1) is 10.5. The summed E-state index contributed by atoms with van der Waals surface area (Å²) in [4.78, 5) is 23.1. The Hall–Kier alpha value is -2.04. The lowest BCUT2D eigenvalue weighted by atomic mass is 9.85. The minimum Gasteiger partial charge on any atom is -0.483 e. The quantitative estimate of drug-likeness (QED) is 0.845. The van der Waals surface area contributed by atoms with Gasteiger partial charge in [0.15, 0.2) is 6.61 Å². The van der Waals surface area contributed by atoms with E-state index in [1.165, 1.54) is 0 Å². The zero-order valence-corrected chi connectivity index (χ0v) is 14.8. The molecule has 1 atom stereocenters. The van der Waals surface area contributed by atoms with Gasteiger partial charge in [0.05, 0.1) is 0 Å². The number of amides is 1. The van der Waals surface area contributed by atoms with Crippen LogP contribution in [0.2, 0.25) is 0 Å². The number of carbonyl (C=O) groups is 2. The zero-order chi connectivity index (χ0) is 17.8. The molecule has 0 spiro atoms. The summed E-state index contributed by atoms with van der Waals surface area (Å²) >= 11 is 0. The number of carbonyl (C=O) groups excluding carboxylic acids is 1. The summed E-state index contributed by atoms with van der Waals surface area (Å²) in [5.41, 5.74) is 1.85. The number of benzene rings is 1. The first-order valence-corrected chi connectivity index (χ1v) is 7.79. The Morgan fingerprint density at radius 3 is 2.35 bits per heavy atom. The molecule has 23 heavy (non-hydrogen) atoms. The van der Waals surface area contributed by atoms with Gasteiger partial charge in [0.2, 0.25) is 0 Å². The van der Waals surface area contributed by atoms with Crippen molar-refractivity contribution in [3.63, 3.8) is 0 Å². The fourth-order valence-corrected chi connectivity index (χ4v) is 2.30. The Bertz CT molecular complexity index is 573. The van der Waals surface area contributed by atoms with E-state index in [-0.39, 0.29) is 17.9 Å². The number of hydrogen-bond acceptors (Lipinski definition) is 3. The number of carboxylic acids is 1. The van der Waals surface area contributed by atoms with Gasteiger partial charge in [-0.25, -0.2) is 4.79 Å². The third kappa shape index (κ3) is 5.27. The van der Waals surface area contributed by atoms with Crippen molar-refractivity contribution >= 4 is 11.9 Å². The Morgan fingerprint density at radius 1 is 1.26 bits per heavy atom. The molecule has 1 aromatic rings. The summed E-state index contributed by atoms with van der Waals surface area (Å²) in [6.07, 6.45) is 0. The molecule has 0 aromatic heterocycles. The molecule has 0 saturated carbocycles. The molecule has 0 radical (unpaired) electrons. The number of nitrogens with one attached hydrogen (secondary N) is 1. The Labute approximate surface area is 138 Å². The average Bonchev–Trinajstić information content (AvgIpc) is 2.41. The molecule has 5 heteroatoms. The number of ether oxygens (including phenoxy) is 1. The molecule has 1 amide bonds. The van der Waals surface area contributed by atoms with Gasteiger partial charge in [0.25, 0.3) is 5.91 Å². The summed E-state index contributed by atoms with van der Waals surface area (Å²) in [6, 6.07) is 4.96. The monoisotopic (exact) mass is 321 g/mol. The Balaban J connectivity index is 2.83. The van der Waals surface area contributed by atoms with Crippen LogP contribution in [-0.2, 0) is 15.0 Å². The molecule has 0 fully saturated rings. The van der Waals surface area contributed by atoms with E-state index in [9.17, 15) is 9.59 Å².